The van der Waals surface area contributed by atoms with Crippen molar-refractivity contribution in [3.05, 3.63) is 29.8 Å². The molecule has 2 amide bonds. The van der Waals surface area contributed by atoms with E-state index in [0.717, 1.165) is 0 Å². The topological polar surface area (TPSA) is 78.4 Å². The summed E-state index contributed by atoms with van der Waals surface area (Å²) in [7, 11) is 0. The maximum absolute atomic E-state index is 11.8. The van der Waals surface area contributed by atoms with Crippen LogP contribution in [-0.2, 0) is 4.79 Å². The Morgan fingerprint density at radius 3 is 2.50 bits per heavy atom. The highest BCUT2D eigenvalue weighted by molar-refractivity contribution is 5.92. The number of hydrogen-bond acceptors (Lipinski definition) is 2. The van der Waals surface area contributed by atoms with Crippen LogP contribution in [0.5, 0.6) is 0 Å². The summed E-state index contributed by atoms with van der Waals surface area (Å²) >= 11 is 0. The fraction of sp³-hybridized carbons (Fsp3) is 0.333. The Hall–Kier alpha value is -2.48. The van der Waals surface area contributed by atoms with Gasteiger partial charge in [-0.2, -0.15) is 0 Å². The van der Waals surface area contributed by atoms with Gasteiger partial charge >= 0.3 is 12.0 Å². The van der Waals surface area contributed by atoms with Crippen LogP contribution < -0.4 is 10.6 Å². The zero-order chi connectivity index (χ0) is 15.3. The van der Waals surface area contributed by atoms with Gasteiger partial charge in [0.15, 0.2) is 0 Å². The Bertz CT molecular complexity index is 553. The highest BCUT2D eigenvalue weighted by Gasteiger charge is 2.32. The number of amides is 2. The molecule has 106 valence electrons. The number of nitrogens with one attached hydrogen (secondary N) is 2. The van der Waals surface area contributed by atoms with E-state index in [0.29, 0.717) is 11.3 Å². The summed E-state index contributed by atoms with van der Waals surface area (Å²) in [6, 6.07) is 5.18. The lowest BCUT2D eigenvalue weighted by Crippen LogP contribution is -2.50. The molecule has 0 unspecified atom stereocenters. The maximum Gasteiger partial charge on any atom is 0.326 e. The van der Waals surface area contributed by atoms with Gasteiger partial charge in [-0.25, -0.2) is 9.59 Å². The van der Waals surface area contributed by atoms with E-state index in [-0.39, 0.29) is 0 Å². The summed E-state index contributed by atoms with van der Waals surface area (Å²) in [4.78, 5) is 23.0. The molecule has 1 rings (SSSR count). The average Bonchev–Trinajstić information content (AvgIpc) is 2.34. The van der Waals surface area contributed by atoms with Gasteiger partial charge in [0.25, 0.3) is 0 Å². The van der Waals surface area contributed by atoms with E-state index in [4.69, 9.17) is 11.5 Å². The Morgan fingerprint density at radius 1 is 1.35 bits per heavy atom. The molecule has 1 aromatic rings. The lowest BCUT2D eigenvalue weighted by Gasteiger charge is -2.27. The second-order valence-corrected chi connectivity index (χ2v) is 5.46. The van der Waals surface area contributed by atoms with E-state index in [2.05, 4.69) is 16.6 Å². The van der Waals surface area contributed by atoms with Crippen molar-refractivity contribution in [3.63, 3.8) is 0 Å². The standard InChI is InChI=1S/C15H18N2O3/c1-5-10-7-6-8-11(9-10)16-14(20)17-12(13(18)19)15(2,3)4/h1,6-9,12H,2-4H3,(H,18,19)(H2,16,17,20)/t12-/m1/s1. The number of anilines is 1. The van der Waals surface area contributed by atoms with E-state index in [1.807, 2.05) is 0 Å². The summed E-state index contributed by atoms with van der Waals surface area (Å²) in [6.07, 6.45) is 5.27. The minimum absolute atomic E-state index is 0.510. The second-order valence-electron chi connectivity index (χ2n) is 5.46. The number of hydrogen-bond donors (Lipinski definition) is 3. The van der Waals surface area contributed by atoms with Crippen LogP contribution in [0.1, 0.15) is 26.3 Å². The molecular weight excluding hydrogens is 256 g/mol. The third kappa shape index (κ3) is 4.32. The summed E-state index contributed by atoms with van der Waals surface area (Å²) in [5.41, 5.74) is 0.550. The van der Waals surface area contributed by atoms with Gasteiger partial charge in [-0.3, -0.25) is 0 Å². The molecule has 20 heavy (non-hydrogen) atoms. The molecule has 0 aliphatic heterocycles. The van der Waals surface area contributed by atoms with Gasteiger partial charge in [0.05, 0.1) is 0 Å². The zero-order valence-electron chi connectivity index (χ0n) is 11.7. The summed E-state index contributed by atoms with van der Waals surface area (Å²) in [5.74, 6) is 1.38. The van der Waals surface area contributed by atoms with Gasteiger partial charge in [0, 0.05) is 11.3 Å². The number of carboxylic acids is 1. The third-order valence-electron chi connectivity index (χ3n) is 2.68. The number of rotatable bonds is 3. The van der Waals surface area contributed by atoms with Gasteiger partial charge in [-0.15, -0.1) is 6.42 Å². The number of benzene rings is 1. The molecule has 5 heteroatoms. The minimum Gasteiger partial charge on any atom is -0.480 e. The number of aliphatic carboxylic acids is 1. The van der Waals surface area contributed by atoms with Crippen LogP contribution in [0, 0.1) is 17.8 Å². The average molecular weight is 274 g/mol. The lowest BCUT2D eigenvalue weighted by atomic mass is 9.87. The van der Waals surface area contributed by atoms with E-state index in [1.54, 1.807) is 45.0 Å². The van der Waals surface area contributed by atoms with E-state index in [9.17, 15) is 9.59 Å². The fourth-order valence-electron chi connectivity index (χ4n) is 1.63. The number of carbonyl (C=O) groups is 2. The number of carboxylic acid groups (broad SMARTS) is 1. The Morgan fingerprint density at radius 2 is 2.00 bits per heavy atom. The van der Waals surface area contributed by atoms with Crippen molar-refractivity contribution in [2.45, 2.75) is 26.8 Å². The van der Waals surface area contributed by atoms with Crippen molar-refractivity contribution in [1.29, 1.82) is 0 Å². The van der Waals surface area contributed by atoms with Gasteiger partial charge in [-0.1, -0.05) is 32.8 Å². The molecule has 0 spiro atoms. The van der Waals surface area contributed by atoms with Crippen molar-refractivity contribution >= 4 is 17.7 Å². The molecule has 0 radical (unpaired) electrons. The van der Waals surface area contributed by atoms with Crippen LogP contribution in [0.2, 0.25) is 0 Å². The monoisotopic (exact) mass is 274 g/mol. The molecule has 0 aliphatic carbocycles. The van der Waals surface area contributed by atoms with Crippen molar-refractivity contribution in [3.8, 4) is 12.3 Å². The summed E-state index contributed by atoms with van der Waals surface area (Å²) in [6.45, 7) is 5.22. The maximum atomic E-state index is 11.8. The zero-order valence-corrected chi connectivity index (χ0v) is 11.7. The molecular formula is C15H18N2O3. The van der Waals surface area contributed by atoms with Crippen molar-refractivity contribution in [1.82, 2.24) is 5.32 Å². The third-order valence-corrected chi connectivity index (χ3v) is 2.68. The first-order valence-corrected chi connectivity index (χ1v) is 6.11. The molecule has 0 saturated heterocycles. The highest BCUT2D eigenvalue weighted by atomic mass is 16.4. The molecule has 0 aliphatic rings. The molecule has 0 fully saturated rings. The van der Waals surface area contributed by atoms with Crippen molar-refractivity contribution in [2.24, 2.45) is 5.41 Å². The van der Waals surface area contributed by atoms with Gasteiger partial charge < -0.3 is 15.7 Å². The molecule has 0 bridgehead atoms. The van der Waals surface area contributed by atoms with Crippen LogP contribution in [-0.4, -0.2) is 23.1 Å². The molecule has 0 saturated carbocycles. The number of urea groups is 1. The number of terminal acetylenes is 1. The quantitative estimate of drug-likeness (QED) is 0.740. The van der Waals surface area contributed by atoms with Crippen LogP contribution in [0.15, 0.2) is 24.3 Å². The molecule has 3 N–H and O–H groups in total. The first-order valence-electron chi connectivity index (χ1n) is 6.11. The van der Waals surface area contributed by atoms with Gasteiger partial charge in [-0.05, 0) is 23.6 Å². The van der Waals surface area contributed by atoms with Crippen molar-refractivity contribution in [2.75, 3.05) is 5.32 Å². The van der Waals surface area contributed by atoms with E-state index >= 15 is 0 Å². The Labute approximate surface area is 118 Å². The predicted octanol–water partition coefficient (Wildman–Crippen LogP) is 2.29. The fourth-order valence-corrected chi connectivity index (χ4v) is 1.63. The Balaban J connectivity index is 2.76. The van der Waals surface area contributed by atoms with Gasteiger partial charge in [0.2, 0.25) is 0 Å². The van der Waals surface area contributed by atoms with Crippen LogP contribution in [0.25, 0.3) is 0 Å². The normalized spacial score (nSPS) is 12.1. The molecule has 0 aromatic heterocycles. The van der Waals surface area contributed by atoms with Gasteiger partial charge in [0.1, 0.15) is 6.04 Å². The smallest absolute Gasteiger partial charge is 0.326 e. The Kier molecular flexibility index (Phi) is 4.76. The largest absolute Gasteiger partial charge is 0.480 e. The highest BCUT2D eigenvalue weighted by Crippen LogP contribution is 2.19. The number of carbonyl (C=O) groups excluding carboxylic acids is 1. The first-order chi connectivity index (χ1) is 9.24. The summed E-state index contributed by atoms with van der Waals surface area (Å²) < 4.78 is 0. The first kappa shape index (κ1) is 15.6. The molecule has 0 heterocycles. The SMILES string of the molecule is C#Cc1cccc(NC(=O)N[C@H](C(=O)O)C(C)(C)C)c1. The van der Waals surface area contributed by atoms with Crippen LogP contribution >= 0.6 is 0 Å². The molecule has 1 aromatic carbocycles. The molecule has 5 nitrogen and oxygen atoms in total. The van der Waals surface area contributed by atoms with Crippen LogP contribution in [0.3, 0.4) is 0 Å². The molecule has 1 atom stereocenters. The van der Waals surface area contributed by atoms with E-state index in [1.165, 1.54) is 0 Å². The minimum atomic E-state index is -1.08. The van der Waals surface area contributed by atoms with E-state index < -0.39 is 23.5 Å². The predicted molar refractivity (Wildman–Crippen MR) is 77.4 cm³/mol. The lowest BCUT2D eigenvalue weighted by molar-refractivity contribution is -0.141. The second kappa shape index (κ2) is 6.11. The summed E-state index contributed by atoms with van der Waals surface area (Å²) in [5, 5.41) is 14.1. The van der Waals surface area contributed by atoms with Crippen LogP contribution in [0.4, 0.5) is 10.5 Å². The van der Waals surface area contributed by atoms with Crippen molar-refractivity contribution < 1.29 is 14.7 Å².